The van der Waals surface area contributed by atoms with Crippen molar-refractivity contribution in [1.82, 2.24) is 5.32 Å². The molecule has 1 unspecified atom stereocenters. The Kier molecular flexibility index (Phi) is 4.35. The lowest BCUT2D eigenvalue weighted by Gasteiger charge is -2.14. The van der Waals surface area contributed by atoms with E-state index < -0.39 is 0 Å². The Morgan fingerprint density at radius 1 is 1.57 bits per heavy atom. The minimum Gasteiger partial charge on any atom is -0.492 e. The van der Waals surface area contributed by atoms with Gasteiger partial charge in [-0.05, 0) is 19.2 Å². The maximum Gasteiger partial charge on any atom is 0.126 e. The van der Waals surface area contributed by atoms with Crippen molar-refractivity contribution in [3.8, 4) is 5.75 Å². The van der Waals surface area contributed by atoms with E-state index in [1.165, 1.54) is 12.1 Å². The first-order valence-electron chi connectivity index (χ1n) is 4.42. The molecule has 0 fully saturated rings. The van der Waals surface area contributed by atoms with Crippen molar-refractivity contribution in [3.05, 3.63) is 30.1 Å². The van der Waals surface area contributed by atoms with Gasteiger partial charge in [0, 0.05) is 6.07 Å². The lowest BCUT2D eigenvalue weighted by molar-refractivity contribution is 0.188. The van der Waals surface area contributed by atoms with Crippen molar-refractivity contribution < 1.29 is 14.2 Å². The van der Waals surface area contributed by atoms with Gasteiger partial charge in [-0.3, -0.25) is 0 Å². The second kappa shape index (κ2) is 5.57. The predicted octanol–water partition coefficient (Wildman–Crippen LogP) is 0.785. The van der Waals surface area contributed by atoms with Gasteiger partial charge in [-0.2, -0.15) is 0 Å². The predicted molar refractivity (Wildman–Crippen MR) is 51.8 cm³/mol. The molecular formula is C10H14FNO2. The molecule has 4 heteroatoms. The van der Waals surface area contributed by atoms with E-state index in [9.17, 15) is 4.39 Å². The van der Waals surface area contributed by atoms with Gasteiger partial charge < -0.3 is 15.2 Å². The molecular weight excluding hydrogens is 185 g/mol. The van der Waals surface area contributed by atoms with Gasteiger partial charge in [0.1, 0.15) is 18.2 Å². The topological polar surface area (TPSA) is 41.5 Å². The number of hydrogen-bond donors (Lipinski definition) is 2. The number of aliphatic hydroxyl groups excluding tert-OH is 1. The van der Waals surface area contributed by atoms with Crippen molar-refractivity contribution >= 4 is 0 Å². The van der Waals surface area contributed by atoms with E-state index in [-0.39, 0.29) is 18.5 Å². The molecule has 0 amide bonds. The van der Waals surface area contributed by atoms with Gasteiger partial charge in [0.25, 0.3) is 0 Å². The maximum absolute atomic E-state index is 12.7. The zero-order chi connectivity index (χ0) is 10.4. The summed E-state index contributed by atoms with van der Waals surface area (Å²) in [6.07, 6.45) is 0. The molecule has 0 bridgehead atoms. The zero-order valence-electron chi connectivity index (χ0n) is 8.03. The third kappa shape index (κ3) is 3.32. The summed E-state index contributed by atoms with van der Waals surface area (Å²) >= 11 is 0. The van der Waals surface area contributed by atoms with Crippen LogP contribution in [0.3, 0.4) is 0 Å². The third-order valence-electron chi connectivity index (χ3n) is 1.88. The van der Waals surface area contributed by atoms with Crippen LogP contribution in [0.15, 0.2) is 24.3 Å². The van der Waals surface area contributed by atoms with Crippen molar-refractivity contribution in [2.45, 2.75) is 6.04 Å². The van der Waals surface area contributed by atoms with E-state index in [1.807, 2.05) is 0 Å². The molecule has 0 saturated carbocycles. The van der Waals surface area contributed by atoms with Gasteiger partial charge in [-0.15, -0.1) is 0 Å². The molecule has 1 rings (SSSR count). The highest BCUT2D eigenvalue weighted by Crippen LogP contribution is 2.11. The average molecular weight is 199 g/mol. The van der Waals surface area contributed by atoms with Crippen molar-refractivity contribution in [2.24, 2.45) is 0 Å². The minimum atomic E-state index is -0.326. The Labute approximate surface area is 82.5 Å². The van der Waals surface area contributed by atoms with Crippen LogP contribution in [-0.4, -0.2) is 31.4 Å². The van der Waals surface area contributed by atoms with Crippen LogP contribution < -0.4 is 10.1 Å². The first-order chi connectivity index (χ1) is 6.76. The summed E-state index contributed by atoms with van der Waals surface area (Å²) in [7, 11) is 1.73. The van der Waals surface area contributed by atoms with Crippen LogP contribution in [0.25, 0.3) is 0 Å². The number of benzene rings is 1. The highest BCUT2D eigenvalue weighted by Gasteiger charge is 2.04. The summed E-state index contributed by atoms with van der Waals surface area (Å²) in [5.41, 5.74) is 0. The monoisotopic (exact) mass is 199 g/mol. The Bertz CT molecular complexity index is 277. The van der Waals surface area contributed by atoms with E-state index in [1.54, 1.807) is 19.2 Å². The number of hydrogen-bond acceptors (Lipinski definition) is 3. The van der Waals surface area contributed by atoms with Gasteiger partial charge in [-0.1, -0.05) is 6.07 Å². The van der Waals surface area contributed by atoms with Gasteiger partial charge >= 0.3 is 0 Å². The quantitative estimate of drug-likeness (QED) is 0.736. The molecule has 3 nitrogen and oxygen atoms in total. The summed E-state index contributed by atoms with van der Waals surface area (Å²) in [5, 5.41) is 11.7. The lowest BCUT2D eigenvalue weighted by Crippen LogP contribution is -2.34. The summed E-state index contributed by atoms with van der Waals surface area (Å²) in [6.45, 7) is 0.308. The first kappa shape index (κ1) is 10.9. The molecule has 14 heavy (non-hydrogen) atoms. The molecule has 1 aromatic rings. The second-order valence-corrected chi connectivity index (χ2v) is 2.94. The minimum absolute atomic E-state index is 0.00812. The summed E-state index contributed by atoms with van der Waals surface area (Å²) in [4.78, 5) is 0. The van der Waals surface area contributed by atoms with E-state index in [0.717, 1.165) is 0 Å². The lowest BCUT2D eigenvalue weighted by atomic mass is 10.3. The Balaban J connectivity index is 2.44. The maximum atomic E-state index is 12.7. The Morgan fingerprint density at radius 3 is 2.93 bits per heavy atom. The van der Waals surface area contributed by atoms with E-state index in [4.69, 9.17) is 9.84 Å². The SMILES string of the molecule is CNC(CO)COc1cccc(F)c1. The zero-order valence-corrected chi connectivity index (χ0v) is 8.03. The van der Waals surface area contributed by atoms with Crippen LogP contribution in [0.5, 0.6) is 5.75 Å². The van der Waals surface area contributed by atoms with Crippen LogP contribution in [0.1, 0.15) is 0 Å². The molecule has 0 spiro atoms. The van der Waals surface area contributed by atoms with Gasteiger partial charge in [0.2, 0.25) is 0 Å². The fraction of sp³-hybridized carbons (Fsp3) is 0.400. The second-order valence-electron chi connectivity index (χ2n) is 2.94. The van der Waals surface area contributed by atoms with E-state index in [2.05, 4.69) is 5.32 Å². The number of ether oxygens (including phenoxy) is 1. The number of halogens is 1. The van der Waals surface area contributed by atoms with E-state index in [0.29, 0.717) is 12.4 Å². The summed E-state index contributed by atoms with van der Waals surface area (Å²) in [5.74, 6) is 0.145. The third-order valence-corrected chi connectivity index (χ3v) is 1.88. The van der Waals surface area contributed by atoms with Crippen LogP contribution in [0.2, 0.25) is 0 Å². The van der Waals surface area contributed by atoms with Crippen LogP contribution >= 0.6 is 0 Å². The number of likely N-dealkylation sites (N-methyl/N-ethyl adjacent to an activating group) is 1. The molecule has 1 atom stereocenters. The molecule has 0 aromatic heterocycles. The smallest absolute Gasteiger partial charge is 0.126 e. The first-order valence-corrected chi connectivity index (χ1v) is 4.42. The van der Waals surface area contributed by atoms with Gasteiger partial charge in [0.05, 0.1) is 12.6 Å². The number of nitrogens with one attached hydrogen (secondary N) is 1. The molecule has 1 aromatic carbocycles. The van der Waals surface area contributed by atoms with Crippen molar-refractivity contribution in [1.29, 1.82) is 0 Å². The molecule has 0 radical (unpaired) electrons. The Hall–Kier alpha value is -1.13. The van der Waals surface area contributed by atoms with Gasteiger partial charge in [-0.25, -0.2) is 4.39 Å². The van der Waals surface area contributed by atoms with Crippen molar-refractivity contribution in [3.63, 3.8) is 0 Å². The van der Waals surface area contributed by atoms with Crippen LogP contribution in [-0.2, 0) is 0 Å². The average Bonchev–Trinajstić information content (AvgIpc) is 2.19. The highest BCUT2D eigenvalue weighted by molar-refractivity contribution is 5.22. The molecule has 2 N–H and O–H groups in total. The van der Waals surface area contributed by atoms with E-state index >= 15 is 0 Å². The molecule has 0 aliphatic carbocycles. The summed E-state index contributed by atoms with van der Waals surface area (Å²) in [6, 6.07) is 5.79. The van der Waals surface area contributed by atoms with Gasteiger partial charge in [0.15, 0.2) is 0 Å². The molecule has 0 aliphatic heterocycles. The number of aliphatic hydroxyl groups is 1. The molecule has 0 saturated heterocycles. The van der Waals surface area contributed by atoms with Crippen LogP contribution in [0, 0.1) is 5.82 Å². The fourth-order valence-corrected chi connectivity index (χ4v) is 0.981. The Morgan fingerprint density at radius 2 is 2.36 bits per heavy atom. The van der Waals surface area contributed by atoms with Crippen LogP contribution in [0.4, 0.5) is 4.39 Å². The molecule has 0 aliphatic rings. The molecule has 78 valence electrons. The molecule has 0 heterocycles. The normalized spacial score (nSPS) is 12.5. The largest absolute Gasteiger partial charge is 0.492 e. The highest BCUT2D eigenvalue weighted by atomic mass is 19.1. The summed E-state index contributed by atoms with van der Waals surface area (Å²) < 4.78 is 18.0. The fourth-order valence-electron chi connectivity index (χ4n) is 0.981. The number of rotatable bonds is 5. The standard InChI is InChI=1S/C10H14FNO2/c1-12-9(6-13)7-14-10-4-2-3-8(11)5-10/h2-5,9,12-13H,6-7H2,1H3. The van der Waals surface area contributed by atoms with Crippen molar-refractivity contribution in [2.75, 3.05) is 20.3 Å².